The average molecular weight is 370 g/mol. The Morgan fingerprint density at radius 1 is 0.889 bits per heavy atom. The standard InChI is InChI=1S/C20H19FN2O4/c21-17-6-4-15(5-7-17)19(25)23-10-8-22(9-11-23)18(24)13-14-2-1-3-16(12-14)20(26)27/h1-7,12H,8-11,13H2,(H,26,27). The van der Waals surface area contributed by atoms with Crippen molar-refractivity contribution in [3.05, 3.63) is 71.0 Å². The van der Waals surface area contributed by atoms with Gasteiger partial charge in [-0.05, 0) is 42.0 Å². The van der Waals surface area contributed by atoms with Crippen LogP contribution in [0.2, 0.25) is 0 Å². The number of carbonyl (C=O) groups excluding carboxylic acids is 2. The fraction of sp³-hybridized carbons (Fsp3) is 0.250. The summed E-state index contributed by atoms with van der Waals surface area (Å²) >= 11 is 0. The van der Waals surface area contributed by atoms with Crippen molar-refractivity contribution in [2.24, 2.45) is 0 Å². The van der Waals surface area contributed by atoms with E-state index in [1.165, 1.54) is 36.4 Å². The van der Waals surface area contributed by atoms with Crippen molar-refractivity contribution in [3.63, 3.8) is 0 Å². The first-order chi connectivity index (χ1) is 12.9. The Bertz CT molecular complexity index is 859. The number of halogens is 1. The summed E-state index contributed by atoms with van der Waals surface area (Å²) in [6.45, 7) is 1.61. The number of piperazine rings is 1. The molecule has 0 unspecified atom stereocenters. The second-order valence-corrected chi connectivity index (χ2v) is 6.36. The molecule has 2 aromatic carbocycles. The van der Waals surface area contributed by atoms with Gasteiger partial charge in [0.05, 0.1) is 12.0 Å². The van der Waals surface area contributed by atoms with Crippen LogP contribution in [0.5, 0.6) is 0 Å². The van der Waals surface area contributed by atoms with Gasteiger partial charge >= 0.3 is 5.97 Å². The minimum Gasteiger partial charge on any atom is -0.478 e. The summed E-state index contributed by atoms with van der Waals surface area (Å²) in [5.74, 6) is -1.71. The first-order valence-electron chi connectivity index (χ1n) is 8.59. The largest absolute Gasteiger partial charge is 0.478 e. The molecule has 1 heterocycles. The third-order valence-corrected chi connectivity index (χ3v) is 4.54. The number of carbonyl (C=O) groups is 3. The highest BCUT2D eigenvalue weighted by Gasteiger charge is 2.25. The number of amides is 2. The van der Waals surface area contributed by atoms with Gasteiger partial charge in [-0.15, -0.1) is 0 Å². The zero-order chi connectivity index (χ0) is 19.4. The lowest BCUT2D eigenvalue weighted by atomic mass is 10.1. The Hall–Kier alpha value is -3.22. The molecule has 0 aliphatic carbocycles. The van der Waals surface area contributed by atoms with Crippen LogP contribution >= 0.6 is 0 Å². The van der Waals surface area contributed by atoms with Crippen LogP contribution in [0.3, 0.4) is 0 Å². The van der Waals surface area contributed by atoms with Gasteiger partial charge in [0.15, 0.2) is 0 Å². The highest BCUT2D eigenvalue weighted by Crippen LogP contribution is 2.12. The molecule has 0 radical (unpaired) electrons. The van der Waals surface area contributed by atoms with Crippen molar-refractivity contribution >= 4 is 17.8 Å². The Balaban J connectivity index is 1.56. The van der Waals surface area contributed by atoms with Crippen LogP contribution in [-0.2, 0) is 11.2 Å². The van der Waals surface area contributed by atoms with Gasteiger partial charge in [0.1, 0.15) is 5.82 Å². The molecule has 2 aromatic rings. The quantitative estimate of drug-likeness (QED) is 0.894. The summed E-state index contributed by atoms with van der Waals surface area (Å²) in [4.78, 5) is 39.2. The van der Waals surface area contributed by atoms with Crippen molar-refractivity contribution in [2.75, 3.05) is 26.2 Å². The van der Waals surface area contributed by atoms with Crippen LogP contribution in [-0.4, -0.2) is 58.9 Å². The van der Waals surface area contributed by atoms with Crippen LogP contribution in [0.15, 0.2) is 48.5 Å². The molecule has 0 bridgehead atoms. The van der Waals surface area contributed by atoms with Gasteiger partial charge in [-0.2, -0.15) is 0 Å². The van der Waals surface area contributed by atoms with Crippen molar-refractivity contribution < 1.29 is 23.9 Å². The third kappa shape index (κ3) is 4.49. The van der Waals surface area contributed by atoms with Crippen molar-refractivity contribution in [1.82, 2.24) is 9.80 Å². The van der Waals surface area contributed by atoms with E-state index in [0.717, 1.165) is 0 Å². The van der Waals surface area contributed by atoms with E-state index in [-0.39, 0.29) is 23.8 Å². The van der Waals surface area contributed by atoms with E-state index in [2.05, 4.69) is 0 Å². The lowest BCUT2D eigenvalue weighted by Gasteiger charge is -2.35. The second kappa shape index (κ2) is 7.99. The van der Waals surface area contributed by atoms with Crippen molar-refractivity contribution in [3.8, 4) is 0 Å². The number of benzene rings is 2. The molecule has 0 atom stereocenters. The smallest absolute Gasteiger partial charge is 0.335 e. The Kier molecular flexibility index (Phi) is 5.49. The van der Waals surface area contributed by atoms with E-state index >= 15 is 0 Å². The molecular weight excluding hydrogens is 351 g/mol. The second-order valence-electron chi connectivity index (χ2n) is 6.36. The summed E-state index contributed by atoms with van der Waals surface area (Å²) in [5.41, 5.74) is 1.21. The molecule has 3 rings (SSSR count). The van der Waals surface area contributed by atoms with E-state index in [9.17, 15) is 18.8 Å². The maximum absolute atomic E-state index is 13.0. The normalized spacial score (nSPS) is 14.1. The van der Waals surface area contributed by atoms with E-state index < -0.39 is 11.8 Å². The molecule has 7 heteroatoms. The maximum Gasteiger partial charge on any atom is 0.335 e. The van der Waals surface area contributed by atoms with Crippen LogP contribution in [0.1, 0.15) is 26.3 Å². The predicted octanol–water partition coefficient (Wildman–Crippen LogP) is 2.05. The van der Waals surface area contributed by atoms with Crippen LogP contribution in [0.25, 0.3) is 0 Å². The van der Waals surface area contributed by atoms with Crippen LogP contribution in [0, 0.1) is 5.82 Å². The van der Waals surface area contributed by atoms with Crippen LogP contribution < -0.4 is 0 Å². The molecule has 1 fully saturated rings. The van der Waals surface area contributed by atoms with E-state index in [1.807, 2.05) is 0 Å². The number of aromatic carboxylic acids is 1. The molecule has 2 amide bonds. The molecule has 1 aliphatic heterocycles. The summed E-state index contributed by atoms with van der Waals surface area (Å²) in [6, 6.07) is 11.7. The molecule has 1 aliphatic rings. The Morgan fingerprint density at radius 3 is 2.15 bits per heavy atom. The molecule has 1 N–H and O–H groups in total. The summed E-state index contributed by atoms with van der Waals surface area (Å²) in [7, 11) is 0. The van der Waals surface area contributed by atoms with Gasteiger partial charge < -0.3 is 14.9 Å². The average Bonchev–Trinajstić information content (AvgIpc) is 2.68. The van der Waals surface area contributed by atoms with Gasteiger partial charge in [-0.1, -0.05) is 12.1 Å². The zero-order valence-electron chi connectivity index (χ0n) is 14.6. The zero-order valence-corrected chi connectivity index (χ0v) is 14.6. The number of carboxylic acids is 1. The number of carboxylic acid groups (broad SMARTS) is 1. The van der Waals surface area contributed by atoms with Gasteiger partial charge in [-0.25, -0.2) is 9.18 Å². The lowest BCUT2D eigenvalue weighted by molar-refractivity contribution is -0.131. The monoisotopic (exact) mass is 370 g/mol. The molecule has 0 spiro atoms. The molecule has 6 nitrogen and oxygen atoms in total. The van der Waals surface area contributed by atoms with Crippen LogP contribution in [0.4, 0.5) is 4.39 Å². The first-order valence-corrected chi connectivity index (χ1v) is 8.59. The number of rotatable bonds is 4. The topological polar surface area (TPSA) is 77.9 Å². The summed E-state index contributed by atoms with van der Waals surface area (Å²) < 4.78 is 13.0. The van der Waals surface area contributed by atoms with Gasteiger partial charge in [0, 0.05) is 31.7 Å². The molecule has 1 saturated heterocycles. The highest BCUT2D eigenvalue weighted by atomic mass is 19.1. The van der Waals surface area contributed by atoms with Gasteiger partial charge in [0.25, 0.3) is 5.91 Å². The summed E-state index contributed by atoms with van der Waals surface area (Å²) in [6.07, 6.45) is 0.118. The van der Waals surface area contributed by atoms with Crippen molar-refractivity contribution in [1.29, 1.82) is 0 Å². The lowest BCUT2D eigenvalue weighted by Crippen LogP contribution is -2.51. The van der Waals surface area contributed by atoms with Gasteiger partial charge in [-0.3, -0.25) is 9.59 Å². The minimum absolute atomic E-state index is 0.105. The summed E-state index contributed by atoms with van der Waals surface area (Å²) in [5, 5.41) is 9.03. The minimum atomic E-state index is -1.03. The molecular formula is C20H19FN2O4. The van der Waals surface area contributed by atoms with E-state index in [0.29, 0.717) is 37.3 Å². The van der Waals surface area contributed by atoms with E-state index in [1.54, 1.807) is 21.9 Å². The maximum atomic E-state index is 13.0. The van der Waals surface area contributed by atoms with E-state index in [4.69, 9.17) is 5.11 Å². The van der Waals surface area contributed by atoms with Crippen molar-refractivity contribution in [2.45, 2.75) is 6.42 Å². The Morgan fingerprint density at radius 2 is 1.52 bits per heavy atom. The molecule has 0 aromatic heterocycles. The first kappa shape index (κ1) is 18.6. The number of nitrogens with zero attached hydrogens (tertiary/aromatic N) is 2. The molecule has 0 saturated carbocycles. The highest BCUT2D eigenvalue weighted by molar-refractivity contribution is 5.94. The third-order valence-electron chi connectivity index (χ3n) is 4.54. The SMILES string of the molecule is O=C(O)c1cccc(CC(=O)N2CCN(C(=O)c3ccc(F)cc3)CC2)c1. The molecule has 27 heavy (non-hydrogen) atoms. The van der Waals surface area contributed by atoms with Gasteiger partial charge in [0.2, 0.25) is 5.91 Å². The Labute approximate surface area is 155 Å². The number of hydrogen-bond acceptors (Lipinski definition) is 3. The number of hydrogen-bond donors (Lipinski definition) is 1. The fourth-order valence-electron chi connectivity index (χ4n) is 3.03. The fourth-order valence-corrected chi connectivity index (χ4v) is 3.03. The molecule has 140 valence electrons. The predicted molar refractivity (Wildman–Crippen MR) is 96.0 cm³/mol.